The third kappa shape index (κ3) is 11.9. The van der Waals surface area contributed by atoms with E-state index in [1.54, 1.807) is 0 Å². The van der Waals surface area contributed by atoms with E-state index in [9.17, 15) is 85.9 Å². The van der Waals surface area contributed by atoms with Crippen molar-refractivity contribution in [1.82, 2.24) is 0 Å². The van der Waals surface area contributed by atoms with Gasteiger partial charge in [0.15, 0.2) is 17.3 Å². The fraction of sp³-hybridized carbons (Fsp3) is 0.444. The fourth-order valence-corrected chi connectivity index (χ4v) is 7.73. The van der Waals surface area contributed by atoms with E-state index in [2.05, 4.69) is 4.74 Å². The molecule has 0 bridgehead atoms. The average molecular weight is 1020 g/mol. The summed E-state index contributed by atoms with van der Waals surface area (Å²) in [5, 5.41) is 158. The summed E-state index contributed by atoms with van der Waals surface area (Å²) in [7, 11) is 0. The molecular weight excluding hydrogens is 972 g/mol. The van der Waals surface area contributed by atoms with Crippen LogP contribution in [0.15, 0.2) is 60.4 Å². The molecule has 16 unspecified atom stereocenters. The predicted octanol–water partition coefficient (Wildman–Crippen LogP) is -3.69. The Morgan fingerprint density at radius 1 is 0.611 bits per heavy atom. The number of hydrogen-bond acceptors (Lipinski definition) is 25. The smallest absolute Gasteiger partial charge is 0.330 e. The van der Waals surface area contributed by atoms with Crippen LogP contribution in [0.5, 0.6) is 40.2 Å². The zero-order valence-corrected chi connectivity index (χ0v) is 37.1. The first-order valence-electron chi connectivity index (χ1n) is 21.7. The van der Waals surface area contributed by atoms with E-state index in [-0.39, 0.29) is 22.6 Å². The van der Waals surface area contributed by atoms with Crippen LogP contribution < -0.4 is 9.47 Å². The molecule has 72 heavy (non-hydrogen) atoms. The van der Waals surface area contributed by atoms with Gasteiger partial charge in [0.25, 0.3) is 11.9 Å². The van der Waals surface area contributed by atoms with E-state index in [0.29, 0.717) is 5.56 Å². The Balaban J connectivity index is 1.23. The highest BCUT2D eigenvalue weighted by atomic mass is 16.7. The van der Waals surface area contributed by atoms with Crippen molar-refractivity contribution in [2.24, 2.45) is 0 Å². The van der Waals surface area contributed by atoms with Crippen LogP contribution in [-0.4, -0.2) is 211 Å². The number of fused-ring (bicyclic) bond motifs is 1. The van der Waals surface area contributed by atoms with Gasteiger partial charge in [-0.1, -0.05) is 12.1 Å². The molecule has 3 saturated heterocycles. The summed E-state index contributed by atoms with van der Waals surface area (Å²) in [6.45, 7) is -2.51. The normalized spacial score (nSPS) is 32.4. The number of carboxylic acids is 1. The summed E-state index contributed by atoms with van der Waals surface area (Å²) in [4.78, 5) is 35.6. The highest BCUT2D eigenvalue weighted by Gasteiger charge is 2.50. The number of aliphatic hydroxyl groups is 11. The van der Waals surface area contributed by atoms with Gasteiger partial charge >= 0.3 is 17.9 Å². The zero-order chi connectivity index (χ0) is 52.3. The maximum Gasteiger partial charge on any atom is 0.330 e. The molecule has 0 aliphatic carbocycles. The molecule has 7 rings (SSSR count). The van der Waals surface area contributed by atoms with E-state index < -0.39 is 177 Å². The van der Waals surface area contributed by atoms with Crippen molar-refractivity contribution in [1.29, 1.82) is 0 Å². The highest BCUT2D eigenvalue weighted by molar-refractivity contribution is 5.90. The summed E-state index contributed by atoms with van der Waals surface area (Å²) in [6, 6.07) is 9.78. The van der Waals surface area contributed by atoms with Gasteiger partial charge in [-0.3, -0.25) is 9.59 Å². The average Bonchev–Trinajstić information content (AvgIpc) is 3.34. The Morgan fingerprint density at radius 3 is 1.67 bits per heavy atom. The first kappa shape index (κ1) is 53.2. The number of benzene rings is 3. The molecule has 0 aromatic heterocycles. The van der Waals surface area contributed by atoms with Gasteiger partial charge < -0.3 is 119 Å². The van der Waals surface area contributed by atoms with Gasteiger partial charge in [-0.2, -0.15) is 0 Å². The van der Waals surface area contributed by atoms with Crippen molar-refractivity contribution < 1.29 is 134 Å². The first-order chi connectivity index (χ1) is 34.1. The minimum Gasteiger partial charge on any atom is -0.571 e. The van der Waals surface area contributed by atoms with Crippen LogP contribution in [-0.2, 0) is 42.8 Å². The lowest BCUT2D eigenvalue weighted by Gasteiger charge is -2.41. The molecule has 0 amide bonds. The van der Waals surface area contributed by atoms with Gasteiger partial charge in [0.2, 0.25) is 24.6 Å². The van der Waals surface area contributed by atoms with Gasteiger partial charge in [-0.15, -0.1) is 0 Å². The van der Waals surface area contributed by atoms with Crippen LogP contribution in [0.25, 0.3) is 12.2 Å². The Bertz CT molecular complexity index is 2480. The predicted molar refractivity (Wildman–Crippen MR) is 231 cm³/mol. The third-order valence-electron chi connectivity index (χ3n) is 11.6. The molecule has 3 fully saturated rings. The number of rotatable bonds is 16. The minimum atomic E-state index is -2.13. The molecule has 0 spiro atoms. The molecule has 27 nitrogen and oxygen atoms in total. The van der Waals surface area contributed by atoms with E-state index in [1.165, 1.54) is 30.3 Å². The molecule has 3 aromatic rings. The number of aliphatic hydroxyl groups excluding tert-OH is 10. The van der Waals surface area contributed by atoms with E-state index >= 15 is 0 Å². The summed E-state index contributed by atoms with van der Waals surface area (Å²) in [6.07, 6.45) is -28.2. The number of phenols is 4. The highest BCUT2D eigenvalue weighted by Crippen LogP contribution is 2.49. The van der Waals surface area contributed by atoms with Gasteiger partial charge in [0.05, 0.1) is 18.2 Å². The minimum absolute atomic E-state index is 0.0223. The Kier molecular flexibility index (Phi) is 16.6. The lowest BCUT2D eigenvalue weighted by molar-refractivity contribution is -0.296. The van der Waals surface area contributed by atoms with Crippen LogP contribution in [0.1, 0.15) is 29.2 Å². The number of esters is 2. The summed E-state index contributed by atoms with van der Waals surface area (Å²) >= 11 is 0. The molecule has 4 aliphatic heterocycles. The number of carbonyl (C=O) groups excluding carboxylic acids is 2. The van der Waals surface area contributed by atoms with Gasteiger partial charge in [0.1, 0.15) is 116 Å². The number of aromatic hydroxyl groups is 5. The lowest BCUT2D eigenvalue weighted by Crippen LogP contribution is -2.60. The van der Waals surface area contributed by atoms with Crippen molar-refractivity contribution in [2.45, 2.75) is 105 Å². The van der Waals surface area contributed by atoms with Crippen LogP contribution in [0.3, 0.4) is 0 Å². The molecule has 16 atom stereocenters. The number of aliphatic carboxylic acids is 1. The van der Waals surface area contributed by atoms with Crippen molar-refractivity contribution >= 4 is 30.1 Å². The Morgan fingerprint density at radius 2 is 1.12 bits per heavy atom. The first-order valence-corrected chi connectivity index (χ1v) is 21.7. The van der Waals surface area contributed by atoms with Crippen LogP contribution >= 0.6 is 0 Å². The number of carbonyl (C=O) groups is 3. The van der Waals surface area contributed by atoms with Crippen molar-refractivity contribution in [3.63, 3.8) is 0 Å². The topological polar surface area (TPSA) is 441 Å². The molecule has 4 heterocycles. The summed E-state index contributed by atoms with van der Waals surface area (Å²) in [5.41, 5.74) is 0.163. The van der Waals surface area contributed by atoms with Crippen LogP contribution in [0.4, 0.5) is 0 Å². The fourth-order valence-electron chi connectivity index (χ4n) is 7.73. The van der Waals surface area contributed by atoms with E-state index in [0.717, 1.165) is 36.4 Å². The maximum absolute atomic E-state index is 12.6. The second-order valence-electron chi connectivity index (χ2n) is 16.7. The number of phenolic OH excluding ortho intramolecular Hbond substituents is 4. The van der Waals surface area contributed by atoms with Crippen molar-refractivity contribution in [3.05, 3.63) is 77.1 Å². The SMILES string of the molecule is O=C(O)CC(=O)OCC1OC(OC2=Cc3c(O)cc(O)cc3[OH+]C2c2cc(OC3OC(CO)C(O)C(O)C3O)c(O)c(OC3OC(COC(=O)C=Cc4ccc(O)cc4)C(O)C(O)C3O)c2)C(O)C(O)C1O. The maximum atomic E-state index is 12.6. The molecule has 16 N–H and O–H groups in total. The zero-order valence-electron chi connectivity index (χ0n) is 37.1. The van der Waals surface area contributed by atoms with Gasteiger partial charge in [-0.05, 0) is 35.9 Å². The van der Waals surface area contributed by atoms with Gasteiger partial charge in [-0.25, -0.2) is 4.79 Å². The largest absolute Gasteiger partial charge is 0.571 e. The summed E-state index contributed by atoms with van der Waals surface area (Å²) in [5.74, 6) is -7.84. The molecule has 3 aromatic carbocycles. The molecule has 0 saturated carbocycles. The third-order valence-corrected chi connectivity index (χ3v) is 11.6. The molecule has 4 aliphatic rings. The molecule has 27 heteroatoms. The second-order valence-corrected chi connectivity index (χ2v) is 16.7. The standard InChI is InChI=1S/C45H50O27/c46-13-26-33(55)36(58)39(61)43(70-26)67-23-7-17(8-24(32(23)54)68-44-40(62)37(59)34(56)27(71-44)14-64-30(52)6-3-16-1-4-18(47)5-2-16)42-25(11-20-21(49)9-19(48)10-22(20)66-42)69-45-41(63)38(60)35(57)28(72-45)15-65-31(53)12-29(50)51/h1-11,26-28,33-49,54-63H,12-15H2,(H,50,51)/p+1. The molecule has 0 radical (unpaired) electrons. The number of hydrogen-bond donors (Lipinski definition) is 15. The quantitative estimate of drug-likeness (QED) is 0.0284. The second kappa shape index (κ2) is 22.5. The monoisotopic (exact) mass is 1020 g/mol. The summed E-state index contributed by atoms with van der Waals surface area (Å²) < 4.78 is 49.2. The Hall–Kier alpha value is -6.57. The molecule has 392 valence electrons. The van der Waals surface area contributed by atoms with Crippen LogP contribution in [0.2, 0.25) is 0 Å². The van der Waals surface area contributed by atoms with E-state index in [1.807, 2.05) is 0 Å². The Labute approximate surface area is 404 Å². The van der Waals surface area contributed by atoms with E-state index in [4.69, 9.17) is 43.0 Å². The lowest BCUT2D eigenvalue weighted by atomic mass is 9.98. The van der Waals surface area contributed by atoms with Crippen LogP contribution in [0, 0.1) is 0 Å². The van der Waals surface area contributed by atoms with Crippen molar-refractivity contribution in [2.75, 3.05) is 19.8 Å². The number of carboxylic acid groups (broad SMARTS) is 1. The van der Waals surface area contributed by atoms with Gasteiger partial charge in [0, 0.05) is 18.2 Å². The number of ether oxygens (including phenoxy) is 9. The van der Waals surface area contributed by atoms with Crippen molar-refractivity contribution in [3.8, 4) is 40.2 Å². The molecular formula is C45H51O27+.